The number of pyridine rings is 1. The number of aromatic nitrogens is 1. The first-order chi connectivity index (χ1) is 8.94. The maximum atomic E-state index is 11.8. The van der Waals surface area contributed by atoms with Crippen LogP contribution in [0.2, 0.25) is 0 Å². The van der Waals surface area contributed by atoms with E-state index in [2.05, 4.69) is 22.9 Å². The molecule has 0 spiro atoms. The van der Waals surface area contributed by atoms with Gasteiger partial charge in [-0.1, -0.05) is 0 Å². The van der Waals surface area contributed by atoms with Crippen LogP contribution >= 0.6 is 50.2 Å². The van der Waals surface area contributed by atoms with Crippen molar-refractivity contribution in [3.8, 4) is 0 Å². The van der Waals surface area contributed by atoms with Gasteiger partial charge in [0.15, 0.2) is 0 Å². The predicted octanol–water partition coefficient (Wildman–Crippen LogP) is -0.943. The normalized spacial score (nSPS) is 26.0. The van der Waals surface area contributed by atoms with Gasteiger partial charge in [-0.25, -0.2) is 0 Å². The molecule has 2 aliphatic heterocycles. The molecule has 3 heterocycles. The van der Waals surface area contributed by atoms with Gasteiger partial charge in [0.05, 0.1) is 0 Å². The van der Waals surface area contributed by atoms with Crippen molar-refractivity contribution in [3.63, 3.8) is 0 Å². The Morgan fingerprint density at radius 1 is 1.74 bits per heavy atom. The number of nitrogens with zero attached hydrogens (tertiary/aromatic N) is 1. The summed E-state index contributed by atoms with van der Waals surface area (Å²) in [6, 6.07) is 1.95. The molecule has 0 amide bonds. The van der Waals surface area contributed by atoms with E-state index in [0.29, 0.717) is 5.69 Å². The molecule has 19 heavy (non-hydrogen) atoms. The summed E-state index contributed by atoms with van der Waals surface area (Å²) in [6.45, 7) is 0. The van der Waals surface area contributed by atoms with E-state index in [0.717, 1.165) is 7.08 Å². The number of hydrogen-bond donors (Lipinski definition) is 2. The topological polar surface area (TPSA) is 87.1 Å². The Labute approximate surface area is 136 Å². The molecule has 1 unspecified atom stereocenters. The van der Waals surface area contributed by atoms with Crippen molar-refractivity contribution < 1.29 is 24.9 Å². The number of nitrogens with one attached hydrogen (secondary N) is 1. The first kappa shape index (κ1) is 14.7. The fourth-order valence-electron chi connectivity index (χ4n) is 1.69. The third-order valence-corrected chi connectivity index (χ3v) is 31.8. The number of carbonyl (C=O) groups excluding carboxylic acids is 1. The van der Waals surface area contributed by atoms with Gasteiger partial charge < -0.3 is 0 Å². The van der Waals surface area contributed by atoms with Gasteiger partial charge in [0.2, 0.25) is 0 Å². The molecule has 0 bridgehead atoms. The standard InChI is InChI=1S/C10H13I3N3O2S/c1-11-18-9(17)7-6(14)4-5-8(15-7)19-13(2,3)10-12(5)16-10/h4,10,16H,1,14H2,2-3H3/q-1. The fraction of sp³-hybridized carbons (Fsp3) is 0.300. The molecule has 9 heteroatoms. The van der Waals surface area contributed by atoms with E-state index in [1.54, 1.807) is 0 Å². The average Bonchev–Trinajstić information content (AvgIpc) is 3.11. The number of hydrogen-bond acceptors (Lipinski definition) is 6. The van der Waals surface area contributed by atoms with Crippen LogP contribution in [0.15, 0.2) is 11.1 Å². The van der Waals surface area contributed by atoms with Gasteiger partial charge in [-0.15, -0.1) is 0 Å². The summed E-state index contributed by atoms with van der Waals surface area (Å²) < 4.78 is 14.4. The molecule has 5 nitrogen and oxygen atoms in total. The van der Waals surface area contributed by atoms with Gasteiger partial charge in [-0.2, -0.15) is 0 Å². The minimum absolute atomic E-state index is 0.266. The van der Waals surface area contributed by atoms with E-state index in [1.807, 2.05) is 15.0 Å². The average molecular weight is 620 g/mol. The number of fused-ring (bicyclic) bond motifs is 3. The van der Waals surface area contributed by atoms with Crippen LogP contribution in [0.4, 0.5) is 5.69 Å². The van der Waals surface area contributed by atoms with E-state index in [9.17, 15) is 4.79 Å². The summed E-state index contributed by atoms with van der Waals surface area (Å²) in [5.74, 6) is -0.428. The van der Waals surface area contributed by atoms with Crippen molar-refractivity contribution in [1.29, 1.82) is 0 Å². The zero-order valence-corrected chi connectivity index (χ0v) is 17.5. The van der Waals surface area contributed by atoms with Gasteiger partial charge in [0.1, 0.15) is 0 Å². The fourth-order valence-corrected chi connectivity index (χ4v) is 36.3. The summed E-state index contributed by atoms with van der Waals surface area (Å²) >= 11 is -3.81. The van der Waals surface area contributed by atoms with Crippen LogP contribution in [0.5, 0.6) is 0 Å². The van der Waals surface area contributed by atoms with Gasteiger partial charge in [-0.3, -0.25) is 0 Å². The van der Waals surface area contributed by atoms with Crippen LogP contribution in [-0.4, -0.2) is 27.4 Å². The summed E-state index contributed by atoms with van der Waals surface area (Å²) in [5, 5.41) is 1.02. The second-order valence-electron chi connectivity index (χ2n) is 4.20. The van der Waals surface area contributed by atoms with Crippen molar-refractivity contribution in [2.24, 2.45) is 0 Å². The molecule has 1 aromatic rings. The van der Waals surface area contributed by atoms with Crippen molar-refractivity contribution in [1.82, 2.24) is 8.51 Å². The molecule has 3 N–H and O–H groups in total. The summed E-state index contributed by atoms with van der Waals surface area (Å²) in [6.07, 6.45) is 0. The van der Waals surface area contributed by atoms with Gasteiger partial charge in [0.25, 0.3) is 0 Å². The molecule has 1 fully saturated rings. The molecule has 2 aliphatic rings. The third-order valence-electron chi connectivity index (χ3n) is 2.59. The first-order valence-electron chi connectivity index (χ1n) is 5.11. The number of halogens is 3. The Hall–Kier alpha value is 0.790. The number of nitrogen functional groups attached to an aromatic ring is 1. The van der Waals surface area contributed by atoms with Crippen LogP contribution in [0.1, 0.15) is 10.5 Å². The first-order valence-corrected chi connectivity index (χ1v) is 19.8. The minimum atomic E-state index is -1.79. The van der Waals surface area contributed by atoms with Gasteiger partial charge >= 0.3 is 138 Å². The van der Waals surface area contributed by atoms with Crippen LogP contribution in [-0.2, 0) is 3.07 Å². The molecule has 1 atom stereocenters. The molecule has 0 saturated carbocycles. The van der Waals surface area contributed by atoms with E-state index in [4.69, 9.17) is 8.80 Å². The van der Waals surface area contributed by atoms with E-state index < -0.39 is 64.3 Å². The molecule has 0 aliphatic carbocycles. The van der Waals surface area contributed by atoms with Gasteiger partial charge in [0, 0.05) is 0 Å². The van der Waals surface area contributed by atoms with Crippen LogP contribution in [0, 0.1) is 3.57 Å². The monoisotopic (exact) mass is 620 g/mol. The van der Waals surface area contributed by atoms with Crippen molar-refractivity contribution >= 4 is 66.3 Å². The second-order valence-corrected chi connectivity index (χ2v) is 27.8. The summed E-state index contributed by atoms with van der Waals surface area (Å²) in [5.41, 5.74) is 6.66. The Morgan fingerprint density at radius 3 is 3.16 bits per heavy atom. The summed E-state index contributed by atoms with van der Waals surface area (Å²) in [4.78, 5) is 21.1. The second kappa shape index (κ2) is 5.21. The SMILES string of the molecule is C=IOC(=O)c1nc2c(cc1N)I1NC1[I-](C)(C)S2. The third kappa shape index (κ3) is 2.64. The molecule has 1 saturated heterocycles. The zero-order chi connectivity index (χ0) is 13.8. The molecule has 0 radical (unpaired) electrons. The van der Waals surface area contributed by atoms with Crippen molar-refractivity contribution in [2.45, 2.75) is 7.08 Å². The molecule has 0 aromatic carbocycles. The number of nitrogens with two attached hydrogens (primary N) is 1. The van der Waals surface area contributed by atoms with E-state index >= 15 is 0 Å². The number of carbonyl (C=O) groups is 1. The quantitative estimate of drug-likeness (QED) is 0.146. The van der Waals surface area contributed by atoms with Crippen molar-refractivity contribution in [2.75, 3.05) is 15.6 Å². The molecule has 1 aromatic heterocycles. The van der Waals surface area contributed by atoms with Crippen molar-refractivity contribution in [3.05, 3.63) is 15.3 Å². The molecular formula is C10H13I3N3O2S-. The Kier molecular flexibility index (Phi) is 4.03. The van der Waals surface area contributed by atoms with Gasteiger partial charge in [-0.05, 0) is 0 Å². The molecule has 3 rings (SSSR count). The molecule has 108 valence electrons. The Bertz CT molecular complexity index is 596. The predicted molar refractivity (Wildman–Crippen MR) is 92.6 cm³/mol. The molecular weight excluding hydrogens is 607 g/mol. The van der Waals surface area contributed by atoms with Crippen LogP contribution in [0.25, 0.3) is 0 Å². The Morgan fingerprint density at radius 2 is 2.47 bits per heavy atom. The number of anilines is 1. The summed E-state index contributed by atoms with van der Waals surface area (Å²) in [7, 11) is 1.90. The van der Waals surface area contributed by atoms with E-state index in [1.165, 1.54) is 3.57 Å². The van der Waals surface area contributed by atoms with Crippen LogP contribution < -0.4 is 26.3 Å². The number of rotatable bonds is 2. The zero-order valence-electron chi connectivity index (χ0n) is 10.2. The maximum absolute atomic E-state index is 11.8. The van der Waals surface area contributed by atoms with Crippen LogP contribution in [0.3, 0.4) is 0 Å². The van der Waals surface area contributed by atoms with E-state index in [-0.39, 0.29) is 5.69 Å². The Balaban J connectivity index is 2.04. The number of alkyl halides is 4.